The van der Waals surface area contributed by atoms with Crippen LogP contribution in [0.1, 0.15) is 10.4 Å². The molecule has 4 nitrogen and oxygen atoms in total. The van der Waals surface area contributed by atoms with Gasteiger partial charge in [-0.15, -0.1) is 0 Å². The van der Waals surface area contributed by atoms with Crippen LogP contribution in [-0.2, 0) is 4.74 Å². The highest BCUT2D eigenvalue weighted by Gasteiger charge is 2.20. The Labute approximate surface area is 110 Å². The number of phenols is 1. The number of hydrogen-bond acceptors (Lipinski definition) is 5. The fourth-order valence-electron chi connectivity index (χ4n) is 1.52. The number of carbonyl (C=O) groups is 1. The molecule has 2 aromatic rings. The number of methoxy groups -OCH3 is 2. The third-order valence-corrected chi connectivity index (χ3v) is 4.47. The zero-order valence-electron chi connectivity index (χ0n) is 9.11. The maximum atomic E-state index is 11.4. The molecule has 0 atom stereocenters. The molecule has 0 saturated heterocycles. The fraction of sp³-hybridized carbons (Fsp3) is 0.182. The van der Waals surface area contributed by atoms with E-state index in [0.29, 0.717) is 14.9 Å². The van der Waals surface area contributed by atoms with E-state index in [-0.39, 0.29) is 11.3 Å². The second kappa shape index (κ2) is 4.54. The Morgan fingerprint density at radius 3 is 2.71 bits per heavy atom. The van der Waals surface area contributed by atoms with Crippen LogP contribution in [0.2, 0.25) is 0 Å². The first kappa shape index (κ1) is 12.2. The summed E-state index contributed by atoms with van der Waals surface area (Å²) in [6, 6.07) is 3.28. The number of carbonyl (C=O) groups excluding carboxylic acids is 1. The summed E-state index contributed by atoms with van der Waals surface area (Å²) in [5.41, 5.74) is 0.140. The van der Waals surface area contributed by atoms with Gasteiger partial charge >= 0.3 is 5.97 Å². The maximum absolute atomic E-state index is 11.4. The Morgan fingerprint density at radius 2 is 2.12 bits per heavy atom. The molecule has 0 amide bonds. The lowest BCUT2D eigenvalue weighted by atomic mass is 10.1. The SMILES string of the molecule is COC(=O)c1ccc2sc(OC)c(Br)c2c1O. The minimum absolute atomic E-state index is 0.0965. The highest BCUT2D eigenvalue weighted by molar-refractivity contribution is 9.10. The number of fused-ring (bicyclic) bond motifs is 1. The van der Waals surface area contributed by atoms with Gasteiger partial charge < -0.3 is 14.6 Å². The quantitative estimate of drug-likeness (QED) is 0.865. The van der Waals surface area contributed by atoms with Crippen molar-refractivity contribution in [3.63, 3.8) is 0 Å². The Kier molecular flexibility index (Phi) is 3.26. The van der Waals surface area contributed by atoms with Crippen LogP contribution >= 0.6 is 27.3 Å². The summed E-state index contributed by atoms with van der Waals surface area (Å²) in [7, 11) is 2.82. The largest absolute Gasteiger partial charge is 0.506 e. The molecule has 1 aromatic heterocycles. The Hall–Kier alpha value is -1.27. The summed E-state index contributed by atoms with van der Waals surface area (Å²) >= 11 is 4.73. The van der Waals surface area contributed by atoms with Gasteiger partial charge in [0, 0.05) is 4.70 Å². The van der Waals surface area contributed by atoms with Crippen molar-refractivity contribution in [3.8, 4) is 10.8 Å². The predicted molar refractivity (Wildman–Crippen MR) is 69.1 cm³/mol. The average Bonchev–Trinajstić information content (AvgIpc) is 2.66. The van der Waals surface area contributed by atoms with Crippen molar-refractivity contribution in [2.45, 2.75) is 0 Å². The molecule has 90 valence electrons. The summed E-state index contributed by atoms with van der Waals surface area (Å²) in [6.07, 6.45) is 0. The molecule has 0 unspecified atom stereocenters. The smallest absolute Gasteiger partial charge is 0.341 e. The van der Waals surface area contributed by atoms with Gasteiger partial charge in [-0.05, 0) is 28.1 Å². The number of benzene rings is 1. The minimum Gasteiger partial charge on any atom is -0.506 e. The molecule has 0 aliphatic carbocycles. The standard InChI is InChI=1S/C11H9BrO4S/c1-15-10(14)5-3-4-6-7(9(5)13)8(12)11(16-2)17-6/h3-4,13H,1-2H3. The van der Waals surface area contributed by atoms with Crippen molar-refractivity contribution in [1.82, 2.24) is 0 Å². The van der Waals surface area contributed by atoms with Crippen LogP contribution in [0.5, 0.6) is 10.8 Å². The van der Waals surface area contributed by atoms with E-state index in [4.69, 9.17) is 4.74 Å². The summed E-state index contributed by atoms with van der Waals surface area (Å²) < 4.78 is 11.2. The van der Waals surface area contributed by atoms with Gasteiger partial charge in [0.2, 0.25) is 0 Å². The number of hydrogen-bond donors (Lipinski definition) is 1. The molecule has 0 saturated carbocycles. The number of phenolic OH excluding ortho intramolecular Hbond substituents is 1. The third-order valence-electron chi connectivity index (χ3n) is 2.33. The number of thiophene rings is 1. The van der Waals surface area contributed by atoms with Crippen molar-refractivity contribution >= 4 is 43.3 Å². The molecule has 17 heavy (non-hydrogen) atoms. The lowest BCUT2D eigenvalue weighted by Gasteiger charge is -2.03. The molecule has 6 heteroatoms. The van der Waals surface area contributed by atoms with Crippen LogP contribution < -0.4 is 4.74 Å². The van der Waals surface area contributed by atoms with Gasteiger partial charge in [0.25, 0.3) is 0 Å². The van der Waals surface area contributed by atoms with E-state index in [1.807, 2.05) is 0 Å². The molecule has 1 aromatic carbocycles. The molecule has 0 aliphatic heterocycles. The highest BCUT2D eigenvalue weighted by atomic mass is 79.9. The van der Waals surface area contributed by atoms with Crippen LogP contribution in [0.25, 0.3) is 10.1 Å². The van der Waals surface area contributed by atoms with Crippen LogP contribution in [0, 0.1) is 0 Å². The molecule has 0 radical (unpaired) electrons. The summed E-state index contributed by atoms with van der Waals surface area (Å²) in [5.74, 6) is -0.665. The first-order chi connectivity index (χ1) is 8.10. The predicted octanol–water partition coefficient (Wildman–Crippen LogP) is 3.16. The zero-order valence-corrected chi connectivity index (χ0v) is 11.5. The normalized spacial score (nSPS) is 10.5. The van der Waals surface area contributed by atoms with Crippen LogP contribution in [-0.4, -0.2) is 25.3 Å². The number of aromatic hydroxyl groups is 1. The summed E-state index contributed by atoms with van der Waals surface area (Å²) in [4.78, 5) is 11.4. The van der Waals surface area contributed by atoms with E-state index in [0.717, 1.165) is 4.70 Å². The molecule has 1 heterocycles. The lowest BCUT2D eigenvalue weighted by Crippen LogP contribution is -2.01. The van der Waals surface area contributed by atoms with Crippen molar-refractivity contribution < 1.29 is 19.4 Å². The van der Waals surface area contributed by atoms with E-state index in [1.54, 1.807) is 13.2 Å². The van der Waals surface area contributed by atoms with Gasteiger partial charge in [-0.3, -0.25) is 0 Å². The minimum atomic E-state index is -0.568. The Bertz CT molecular complexity index is 591. The third kappa shape index (κ3) is 1.87. The second-order valence-electron chi connectivity index (χ2n) is 3.23. The molecule has 2 rings (SSSR count). The monoisotopic (exact) mass is 316 g/mol. The lowest BCUT2D eigenvalue weighted by molar-refractivity contribution is 0.0598. The average molecular weight is 317 g/mol. The number of rotatable bonds is 2. The number of halogens is 1. The maximum Gasteiger partial charge on any atom is 0.341 e. The van der Waals surface area contributed by atoms with Crippen molar-refractivity contribution in [2.75, 3.05) is 14.2 Å². The molecular formula is C11H9BrO4S. The summed E-state index contributed by atoms with van der Waals surface area (Å²) in [5, 5.41) is 11.3. The second-order valence-corrected chi connectivity index (χ2v) is 5.04. The molecule has 1 N–H and O–H groups in total. The molecule has 0 fully saturated rings. The van der Waals surface area contributed by atoms with Gasteiger partial charge in [-0.1, -0.05) is 11.3 Å². The number of esters is 1. The van der Waals surface area contributed by atoms with Gasteiger partial charge in [0.05, 0.1) is 24.1 Å². The molecule has 0 bridgehead atoms. The number of ether oxygens (including phenoxy) is 2. The van der Waals surface area contributed by atoms with E-state index in [1.165, 1.54) is 24.5 Å². The van der Waals surface area contributed by atoms with Crippen molar-refractivity contribution in [3.05, 3.63) is 22.2 Å². The van der Waals surface area contributed by atoms with E-state index in [9.17, 15) is 9.90 Å². The highest BCUT2D eigenvalue weighted by Crippen LogP contribution is 2.46. The zero-order chi connectivity index (χ0) is 12.6. The van der Waals surface area contributed by atoms with Gasteiger partial charge in [0.1, 0.15) is 11.3 Å². The van der Waals surface area contributed by atoms with E-state index < -0.39 is 5.97 Å². The summed E-state index contributed by atoms with van der Waals surface area (Å²) in [6.45, 7) is 0. The van der Waals surface area contributed by atoms with Crippen LogP contribution in [0.15, 0.2) is 16.6 Å². The van der Waals surface area contributed by atoms with Gasteiger partial charge in [-0.25, -0.2) is 4.79 Å². The Balaban J connectivity index is 2.74. The first-order valence-corrected chi connectivity index (χ1v) is 6.27. The van der Waals surface area contributed by atoms with Gasteiger partial charge in [0.15, 0.2) is 5.06 Å². The fourth-order valence-corrected chi connectivity index (χ4v) is 3.37. The van der Waals surface area contributed by atoms with Crippen LogP contribution in [0.4, 0.5) is 0 Å². The topological polar surface area (TPSA) is 55.8 Å². The molecular weight excluding hydrogens is 308 g/mol. The Morgan fingerprint density at radius 1 is 1.41 bits per heavy atom. The van der Waals surface area contributed by atoms with E-state index >= 15 is 0 Å². The van der Waals surface area contributed by atoms with Crippen LogP contribution in [0.3, 0.4) is 0 Å². The van der Waals surface area contributed by atoms with Crippen molar-refractivity contribution in [2.24, 2.45) is 0 Å². The molecule has 0 aliphatic rings. The van der Waals surface area contributed by atoms with E-state index in [2.05, 4.69) is 20.7 Å². The first-order valence-electron chi connectivity index (χ1n) is 4.66. The van der Waals surface area contributed by atoms with Gasteiger partial charge in [-0.2, -0.15) is 0 Å². The van der Waals surface area contributed by atoms with Crippen molar-refractivity contribution in [1.29, 1.82) is 0 Å². The molecule has 0 spiro atoms.